The molecule has 0 aliphatic carbocycles. The minimum Gasteiger partial charge on any atom is -0.511 e. The van der Waals surface area contributed by atoms with Crippen molar-refractivity contribution < 1.29 is 32.6 Å². The van der Waals surface area contributed by atoms with Crippen LogP contribution in [-0.4, -0.2) is 45.6 Å². The lowest BCUT2D eigenvalue weighted by Gasteiger charge is -2.30. The summed E-state index contributed by atoms with van der Waals surface area (Å²) in [5, 5.41) is 12.7. The largest absolute Gasteiger partial charge is 0.511 e. The van der Waals surface area contributed by atoms with E-state index in [9.17, 15) is 27.9 Å². The van der Waals surface area contributed by atoms with Gasteiger partial charge in [-0.05, 0) is 32.9 Å². The number of carbonyl (C=O) groups is 2. The average Bonchev–Trinajstić information content (AvgIpc) is 2.56. The number of alkyl halides is 2. The van der Waals surface area contributed by atoms with Crippen LogP contribution in [-0.2, 0) is 16.0 Å². The number of thiocarbonyl (C=S) groups is 1. The lowest BCUT2D eigenvalue weighted by atomic mass is 10.1. The predicted octanol–water partition coefficient (Wildman–Crippen LogP) is 4.35. The molecule has 2 rings (SSSR count). The van der Waals surface area contributed by atoms with Crippen LogP contribution < -0.4 is 5.32 Å². The molecule has 2 N–H and O–H groups in total. The lowest BCUT2D eigenvalue weighted by Crippen LogP contribution is -2.46. The van der Waals surface area contributed by atoms with E-state index in [0.717, 1.165) is 11.0 Å². The molecule has 158 valence electrons. The number of ether oxygens (including phenoxy) is 1. The van der Waals surface area contributed by atoms with Crippen LogP contribution in [0.15, 0.2) is 29.5 Å². The van der Waals surface area contributed by atoms with E-state index >= 15 is 0 Å². The fraction of sp³-hybridized carbons (Fsp3) is 0.421. The fourth-order valence-electron chi connectivity index (χ4n) is 2.64. The van der Waals surface area contributed by atoms with Crippen molar-refractivity contribution in [1.82, 2.24) is 4.90 Å². The van der Waals surface area contributed by atoms with Crippen molar-refractivity contribution in [3.8, 4) is 0 Å². The number of hydrogen-bond donors (Lipinski definition) is 2. The molecular formula is C19H21F3N2O4S. The van der Waals surface area contributed by atoms with E-state index < -0.39 is 36.3 Å². The number of aliphatic hydroxyl groups is 1. The second-order valence-corrected chi connectivity index (χ2v) is 7.73. The van der Waals surface area contributed by atoms with Crippen molar-refractivity contribution >= 4 is 34.9 Å². The highest BCUT2D eigenvalue weighted by molar-refractivity contribution is 7.81. The molecule has 1 aliphatic rings. The third-order valence-corrected chi connectivity index (χ3v) is 4.19. The lowest BCUT2D eigenvalue weighted by molar-refractivity contribution is -0.126. The monoisotopic (exact) mass is 430 g/mol. The van der Waals surface area contributed by atoms with Gasteiger partial charge in [-0.1, -0.05) is 18.3 Å². The number of amides is 2. The Labute approximate surface area is 171 Å². The highest BCUT2D eigenvalue weighted by Crippen LogP contribution is 2.26. The molecular weight excluding hydrogens is 409 g/mol. The minimum atomic E-state index is -2.80. The maximum Gasteiger partial charge on any atom is 0.417 e. The van der Waals surface area contributed by atoms with Crippen LogP contribution in [0.1, 0.15) is 32.8 Å². The van der Waals surface area contributed by atoms with Gasteiger partial charge in [0.1, 0.15) is 27.7 Å². The van der Waals surface area contributed by atoms with Crippen molar-refractivity contribution in [2.24, 2.45) is 0 Å². The van der Waals surface area contributed by atoms with Gasteiger partial charge in [-0.15, -0.1) is 0 Å². The first-order chi connectivity index (χ1) is 13.4. The quantitative estimate of drug-likeness (QED) is 0.692. The van der Waals surface area contributed by atoms with E-state index in [1.165, 1.54) is 12.1 Å². The second-order valence-electron chi connectivity index (χ2n) is 7.32. The van der Waals surface area contributed by atoms with Gasteiger partial charge in [0.05, 0.1) is 0 Å². The number of aliphatic hydroxyl groups excluding tert-OH is 1. The van der Waals surface area contributed by atoms with E-state index in [-0.39, 0.29) is 40.5 Å². The Morgan fingerprint density at radius 3 is 2.62 bits per heavy atom. The number of rotatable bonds is 4. The molecule has 1 aromatic rings. The SMILES string of the molecule is CC(C)(C)OC(=O)N1CCC(O)=C(C(=S)Nc2cccc(F)c2CC(F)F)C1=O. The normalized spacial score (nSPS) is 15.0. The highest BCUT2D eigenvalue weighted by Gasteiger charge is 2.36. The molecule has 1 aromatic carbocycles. The molecule has 0 atom stereocenters. The fourth-order valence-corrected chi connectivity index (χ4v) is 2.96. The van der Waals surface area contributed by atoms with Crippen LogP contribution >= 0.6 is 12.2 Å². The molecule has 1 aliphatic heterocycles. The summed E-state index contributed by atoms with van der Waals surface area (Å²) >= 11 is 5.14. The third-order valence-electron chi connectivity index (χ3n) is 3.89. The zero-order valence-corrected chi connectivity index (χ0v) is 16.9. The number of benzene rings is 1. The number of halogens is 3. The van der Waals surface area contributed by atoms with Crippen LogP contribution in [0.3, 0.4) is 0 Å². The van der Waals surface area contributed by atoms with Gasteiger partial charge in [0.25, 0.3) is 5.91 Å². The van der Waals surface area contributed by atoms with Crippen molar-refractivity contribution in [2.45, 2.75) is 45.6 Å². The summed E-state index contributed by atoms with van der Waals surface area (Å²) in [6.07, 6.45) is -4.62. The smallest absolute Gasteiger partial charge is 0.417 e. The van der Waals surface area contributed by atoms with Crippen molar-refractivity contribution in [2.75, 3.05) is 11.9 Å². The summed E-state index contributed by atoms with van der Waals surface area (Å²) in [6, 6.07) is 3.64. The van der Waals surface area contributed by atoms with Gasteiger partial charge in [-0.25, -0.2) is 22.9 Å². The molecule has 0 radical (unpaired) electrons. The number of nitrogens with zero attached hydrogens (tertiary/aromatic N) is 1. The molecule has 6 nitrogen and oxygen atoms in total. The minimum absolute atomic E-state index is 0.0576. The van der Waals surface area contributed by atoms with Crippen molar-refractivity contribution in [3.05, 3.63) is 40.9 Å². The Morgan fingerprint density at radius 2 is 2.03 bits per heavy atom. The Hall–Kier alpha value is -2.62. The molecule has 0 saturated carbocycles. The summed E-state index contributed by atoms with van der Waals surface area (Å²) in [6.45, 7) is 4.79. The molecule has 0 aromatic heterocycles. The van der Waals surface area contributed by atoms with E-state index in [2.05, 4.69) is 5.32 Å². The van der Waals surface area contributed by atoms with E-state index in [0.29, 0.717) is 0 Å². The molecule has 0 saturated heterocycles. The summed E-state index contributed by atoms with van der Waals surface area (Å²) in [5.74, 6) is -2.12. The van der Waals surface area contributed by atoms with Gasteiger partial charge in [-0.2, -0.15) is 0 Å². The molecule has 0 bridgehead atoms. The number of hydrogen-bond acceptors (Lipinski definition) is 5. The topological polar surface area (TPSA) is 78.9 Å². The number of carbonyl (C=O) groups excluding carboxylic acids is 2. The Balaban J connectivity index is 2.27. The number of anilines is 1. The Kier molecular flexibility index (Phi) is 6.89. The van der Waals surface area contributed by atoms with E-state index in [1.54, 1.807) is 20.8 Å². The van der Waals surface area contributed by atoms with E-state index in [1.807, 2.05) is 0 Å². The summed E-state index contributed by atoms with van der Waals surface area (Å²) < 4.78 is 44.7. The van der Waals surface area contributed by atoms with E-state index in [4.69, 9.17) is 17.0 Å². The van der Waals surface area contributed by atoms with Gasteiger partial charge in [0.2, 0.25) is 6.43 Å². The van der Waals surface area contributed by atoms with Crippen LogP contribution in [0.25, 0.3) is 0 Å². The standard InChI is InChI=1S/C19H21F3N2O4S/c1-19(2,3)28-18(27)24-8-7-13(25)15(17(24)26)16(29)23-12-6-4-5-11(20)10(12)9-14(21)22/h4-6,14,25H,7-9H2,1-3H3,(H,23,29). The van der Waals surface area contributed by atoms with Gasteiger partial charge in [0, 0.05) is 30.6 Å². The van der Waals surface area contributed by atoms with Crippen molar-refractivity contribution in [3.63, 3.8) is 0 Å². The second kappa shape index (κ2) is 8.81. The maximum atomic E-state index is 14.0. The first-order valence-electron chi connectivity index (χ1n) is 8.74. The zero-order valence-electron chi connectivity index (χ0n) is 16.1. The summed E-state index contributed by atoms with van der Waals surface area (Å²) in [7, 11) is 0. The average molecular weight is 430 g/mol. The summed E-state index contributed by atoms with van der Waals surface area (Å²) in [4.78, 5) is 25.4. The Morgan fingerprint density at radius 1 is 1.38 bits per heavy atom. The molecule has 10 heteroatoms. The van der Waals surface area contributed by atoms with Gasteiger partial charge >= 0.3 is 6.09 Å². The zero-order chi connectivity index (χ0) is 21.9. The summed E-state index contributed by atoms with van der Waals surface area (Å²) in [5.41, 5.74) is -1.58. The third kappa shape index (κ3) is 5.69. The maximum absolute atomic E-state index is 14.0. The van der Waals surface area contributed by atoms with Crippen LogP contribution in [0, 0.1) is 5.82 Å². The van der Waals surface area contributed by atoms with Gasteiger partial charge < -0.3 is 15.2 Å². The molecule has 1 heterocycles. The van der Waals surface area contributed by atoms with Gasteiger partial charge in [0.15, 0.2) is 0 Å². The predicted molar refractivity (Wildman–Crippen MR) is 105 cm³/mol. The van der Waals surface area contributed by atoms with Crippen LogP contribution in [0.5, 0.6) is 0 Å². The van der Waals surface area contributed by atoms with Crippen molar-refractivity contribution in [1.29, 1.82) is 0 Å². The molecule has 0 fully saturated rings. The number of imide groups is 1. The van der Waals surface area contributed by atoms with Crippen LogP contribution in [0.4, 0.5) is 23.7 Å². The van der Waals surface area contributed by atoms with Crippen LogP contribution in [0.2, 0.25) is 0 Å². The highest BCUT2D eigenvalue weighted by atomic mass is 32.1. The van der Waals surface area contributed by atoms with Gasteiger partial charge in [-0.3, -0.25) is 4.79 Å². The molecule has 0 unspecified atom stereocenters. The first-order valence-corrected chi connectivity index (χ1v) is 9.15. The molecule has 2 amide bonds. The number of nitrogens with one attached hydrogen (secondary N) is 1. The molecule has 0 spiro atoms. The molecule has 29 heavy (non-hydrogen) atoms. The first kappa shape index (κ1) is 22.7. The Bertz CT molecular complexity index is 866.